The summed E-state index contributed by atoms with van der Waals surface area (Å²) in [7, 11) is 0. The van der Waals surface area contributed by atoms with Crippen LogP contribution >= 0.6 is 0 Å². The van der Waals surface area contributed by atoms with Crippen molar-refractivity contribution in [2.24, 2.45) is 5.92 Å². The van der Waals surface area contributed by atoms with Crippen LogP contribution in [0.15, 0.2) is 24.3 Å². The van der Waals surface area contributed by atoms with E-state index in [1.54, 1.807) is 6.07 Å². The largest absolute Gasteiger partial charge is 0.492 e. The van der Waals surface area contributed by atoms with Crippen molar-refractivity contribution >= 4 is 0 Å². The van der Waals surface area contributed by atoms with E-state index in [0.29, 0.717) is 17.9 Å². The van der Waals surface area contributed by atoms with E-state index in [2.05, 4.69) is 17.9 Å². The van der Waals surface area contributed by atoms with Crippen molar-refractivity contribution in [1.29, 1.82) is 5.26 Å². The van der Waals surface area contributed by atoms with Crippen LogP contribution in [0.1, 0.15) is 38.2 Å². The Labute approximate surface area is 122 Å². The summed E-state index contributed by atoms with van der Waals surface area (Å²) in [5.74, 6) is 1.59. The first kappa shape index (κ1) is 14.9. The normalized spacial score (nSPS) is 19.5. The molecule has 1 aromatic rings. The Bertz CT molecular complexity index is 453. The summed E-state index contributed by atoms with van der Waals surface area (Å²) in [4.78, 5) is 2.55. The van der Waals surface area contributed by atoms with Crippen LogP contribution < -0.4 is 4.74 Å². The number of rotatable bonds is 6. The second-order valence-corrected chi connectivity index (χ2v) is 5.53. The van der Waals surface area contributed by atoms with Crippen LogP contribution in [0.2, 0.25) is 0 Å². The van der Waals surface area contributed by atoms with Gasteiger partial charge in [0, 0.05) is 13.1 Å². The second kappa shape index (κ2) is 7.91. The highest BCUT2D eigenvalue weighted by molar-refractivity contribution is 5.42. The van der Waals surface area contributed by atoms with Gasteiger partial charge in [0.15, 0.2) is 0 Å². The quantitative estimate of drug-likeness (QED) is 0.744. The third kappa shape index (κ3) is 4.25. The van der Waals surface area contributed by atoms with Crippen molar-refractivity contribution in [2.75, 3.05) is 26.2 Å². The number of hydrogen-bond donors (Lipinski definition) is 0. The third-order valence-electron chi connectivity index (χ3n) is 4.06. The molecular formula is C17H24N2O. The average Bonchev–Trinajstić information content (AvgIpc) is 2.52. The summed E-state index contributed by atoms with van der Waals surface area (Å²) in [6, 6.07) is 9.60. The van der Waals surface area contributed by atoms with Crippen molar-refractivity contribution < 1.29 is 4.74 Å². The van der Waals surface area contributed by atoms with Crippen molar-refractivity contribution in [3.05, 3.63) is 29.8 Å². The minimum absolute atomic E-state index is 0.622. The minimum Gasteiger partial charge on any atom is -0.492 e. The summed E-state index contributed by atoms with van der Waals surface area (Å²) >= 11 is 0. The lowest BCUT2D eigenvalue weighted by Crippen LogP contribution is -2.36. The Morgan fingerprint density at radius 3 is 3.05 bits per heavy atom. The lowest BCUT2D eigenvalue weighted by atomic mass is 9.96. The van der Waals surface area contributed by atoms with Crippen LogP contribution in [0.25, 0.3) is 0 Å². The van der Waals surface area contributed by atoms with E-state index in [9.17, 15) is 0 Å². The molecule has 0 amide bonds. The highest BCUT2D eigenvalue weighted by atomic mass is 16.5. The van der Waals surface area contributed by atoms with Gasteiger partial charge in [-0.05, 0) is 43.9 Å². The molecule has 2 rings (SSSR count). The maximum absolute atomic E-state index is 9.00. The maximum Gasteiger partial charge on any atom is 0.137 e. The Morgan fingerprint density at radius 2 is 2.25 bits per heavy atom. The molecule has 0 aliphatic carbocycles. The minimum atomic E-state index is 0.622. The molecule has 0 saturated carbocycles. The molecule has 108 valence electrons. The number of para-hydroxylation sites is 1. The fourth-order valence-corrected chi connectivity index (χ4v) is 2.84. The van der Waals surface area contributed by atoms with Gasteiger partial charge in [-0.1, -0.05) is 25.5 Å². The number of ether oxygens (including phenoxy) is 1. The predicted molar refractivity (Wildman–Crippen MR) is 80.7 cm³/mol. The van der Waals surface area contributed by atoms with E-state index in [1.807, 2.05) is 18.2 Å². The Morgan fingerprint density at radius 1 is 1.40 bits per heavy atom. The van der Waals surface area contributed by atoms with Gasteiger partial charge in [0.1, 0.15) is 11.8 Å². The number of benzene rings is 1. The average molecular weight is 272 g/mol. The molecule has 1 heterocycles. The molecule has 0 aromatic heterocycles. The Balaban J connectivity index is 1.70. The molecule has 1 unspecified atom stereocenters. The first-order valence-corrected chi connectivity index (χ1v) is 7.67. The fourth-order valence-electron chi connectivity index (χ4n) is 2.84. The number of nitriles is 1. The molecule has 1 aliphatic heterocycles. The van der Waals surface area contributed by atoms with Gasteiger partial charge < -0.3 is 9.64 Å². The van der Waals surface area contributed by atoms with Gasteiger partial charge in [-0.2, -0.15) is 5.26 Å². The smallest absolute Gasteiger partial charge is 0.137 e. The SMILES string of the molecule is CCC1CCCN(CCCOc2ccccc2C#N)C1. The number of likely N-dealkylation sites (tertiary alicyclic amines) is 1. The Hall–Kier alpha value is -1.53. The first-order valence-electron chi connectivity index (χ1n) is 7.67. The molecule has 20 heavy (non-hydrogen) atoms. The summed E-state index contributed by atoms with van der Waals surface area (Å²) < 4.78 is 5.72. The molecular weight excluding hydrogens is 248 g/mol. The highest BCUT2D eigenvalue weighted by Crippen LogP contribution is 2.20. The van der Waals surface area contributed by atoms with Gasteiger partial charge in [0.05, 0.1) is 12.2 Å². The second-order valence-electron chi connectivity index (χ2n) is 5.53. The van der Waals surface area contributed by atoms with Crippen molar-refractivity contribution in [3.8, 4) is 11.8 Å². The fraction of sp³-hybridized carbons (Fsp3) is 0.588. The topological polar surface area (TPSA) is 36.3 Å². The molecule has 3 nitrogen and oxygen atoms in total. The lowest BCUT2D eigenvalue weighted by Gasteiger charge is -2.32. The molecule has 3 heteroatoms. The van der Waals surface area contributed by atoms with E-state index in [0.717, 1.165) is 18.9 Å². The van der Waals surface area contributed by atoms with Crippen molar-refractivity contribution in [2.45, 2.75) is 32.6 Å². The molecule has 1 saturated heterocycles. The van der Waals surface area contributed by atoms with Crippen LogP contribution in [0.5, 0.6) is 5.75 Å². The van der Waals surface area contributed by atoms with Crippen LogP contribution in [-0.4, -0.2) is 31.1 Å². The number of hydrogen-bond acceptors (Lipinski definition) is 3. The molecule has 1 aliphatic rings. The van der Waals surface area contributed by atoms with Crippen LogP contribution in [-0.2, 0) is 0 Å². The summed E-state index contributed by atoms with van der Waals surface area (Å²) in [6.45, 7) is 6.55. The van der Waals surface area contributed by atoms with Crippen LogP contribution in [0.4, 0.5) is 0 Å². The van der Waals surface area contributed by atoms with Gasteiger partial charge in [-0.15, -0.1) is 0 Å². The predicted octanol–water partition coefficient (Wildman–Crippen LogP) is 3.45. The van der Waals surface area contributed by atoms with E-state index < -0.39 is 0 Å². The van der Waals surface area contributed by atoms with Crippen LogP contribution in [0, 0.1) is 17.2 Å². The van der Waals surface area contributed by atoms with E-state index >= 15 is 0 Å². The molecule has 0 radical (unpaired) electrons. The zero-order valence-electron chi connectivity index (χ0n) is 12.3. The molecule has 1 fully saturated rings. The van der Waals surface area contributed by atoms with Crippen molar-refractivity contribution in [1.82, 2.24) is 4.90 Å². The number of piperidine rings is 1. The molecule has 1 atom stereocenters. The summed E-state index contributed by atoms with van der Waals surface area (Å²) in [6.07, 6.45) is 5.04. The van der Waals surface area contributed by atoms with Gasteiger partial charge in [0.25, 0.3) is 0 Å². The highest BCUT2D eigenvalue weighted by Gasteiger charge is 2.17. The summed E-state index contributed by atoms with van der Waals surface area (Å²) in [5, 5.41) is 9.00. The number of nitrogens with zero attached hydrogens (tertiary/aromatic N) is 2. The van der Waals surface area contributed by atoms with E-state index in [-0.39, 0.29) is 0 Å². The van der Waals surface area contributed by atoms with E-state index in [1.165, 1.54) is 32.4 Å². The first-order chi connectivity index (χ1) is 9.83. The third-order valence-corrected chi connectivity index (χ3v) is 4.06. The molecule has 0 spiro atoms. The van der Waals surface area contributed by atoms with E-state index in [4.69, 9.17) is 10.00 Å². The maximum atomic E-state index is 9.00. The zero-order chi connectivity index (χ0) is 14.2. The standard InChI is InChI=1S/C17H24N2O/c1-2-15-7-5-10-19(14-15)11-6-12-20-17-9-4-3-8-16(17)13-18/h3-4,8-9,15H,2,5-7,10-12,14H2,1H3. The lowest BCUT2D eigenvalue weighted by molar-refractivity contribution is 0.160. The Kier molecular flexibility index (Phi) is 5.88. The van der Waals surface area contributed by atoms with Gasteiger partial charge in [-0.25, -0.2) is 0 Å². The van der Waals surface area contributed by atoms with Crippen molar-refractivity contribution in [3.63, 3.8) is 0 Å². The zero-order valence-corrected chi connectivity index (χ0v) is 12.3. The van der Waals surface area contributed by atoms with Gasteiger partial charge in [0.2, 0.25) is 0 Å². The van der Waals surface area contributed by atoms with Crippen LogP contribution in [0.3, 0.4) is 0 Å². The van der Waals surface area contributed by atoms with Gasteiger partial charge >= 0.3 is 0 Å². The summed E-state index contributed by atoms with van der Waals surface area (Å²) in [5.41, 5.74) is 0.622. The molecule has 1 aromatic carbocycles. The van der Waals surface area contributed by atoms with Gasteiger partial charge in [-0.3, -0.25) is 0 Å². The monoisotopic (exact) mass is 272 g/mol. The molecule has 0 bridgehead atoms. The molecule has 0 N–H and O–H groups in total.